The fourth-order valence-electron chi connectivity index (χ4n) is 4.10. The Balaban J connectivity index is 1.85. The van der Waals surface area contributed by atoms with Crippen LogP contribution in [0.4, 0.5) is 5.95 Å². The molecule has 0 radical (unpaired) electrons. The van der Waals surface area contributed by atoms with Crippen LogP contribution in [-0.4, -0.2) is 31.8 Å². The molecule has 3 aromatic rings. The predicted molar refractivity (Wildman–Crippen MR) is 111 cm³/mol. The Bertz CT molecular complexity index is 1140. The smallest absolute Gasteiger partial charge is 0.332 e. The van der Waals surface area contributed by atoms with E-state index in [0.717, 1.165) is 36.6 Å². The van der Waals surface area contributed by atoms with E-state index < -0.39 is 0 Å². The number of nitrogens with zero attached hydrogens (tertiary/aromatic N) is 5. The maximum absolute atomic E-state index is 13.2. The van der Waals surface area contributed by atoms with E-state index in [9.17, 15) is 9.59 Å². The van der Waals surface area contributed by atoms with Gasteiger partial charge in [0.25, 0.3) is 5.56 Å². The molecule has 7 heteroatoms. The van der Waals surface area contributed by atoms with Crippen molar-refractivity contribution < 1.29 is 0 Å². The van der Waals surface area contributed by atoms with Crippen molar-refractivity contribution in [1.29, 1.82) is 0 Å². The molecule has 148 valence electrons. The minimum Gasteiger partial charge on any atom is -0.342 e. The summed E-state index contributed by atoms with van der Waals surface area (Å²) in [5, 5.41) is 0. The summed E-state index contributed by atoms with van der Waals surface area (Å²) in [7, 11) is 3.55. The van der Waals surface area contributed by atoms with Gasteiger partial charge in [0.15, 0.2) is 11.2 Å². The molecule has 0 N–H and O–H groups in total. The van der Waals surface area contributed by atoms with Crippen LogP contribution in [-0.2, 0) is 20.6 Å². The molecule has 3 heterocycles. The summed E-state index contributed by atoms with van der Waals surface area (Å²) in [4.78, 5) is 33.0. The minimum atomic E-state index is -0.338. The number of aromatic nitrogens is 4. The van der Waals surface area contributed by atoms with Crippen molar-refractivity contribution in [3.05, 3.63) is 56.2 Å². The molecular formula is C21H27N5O2. The molecule has 1 aliphatic rings. The first kappa shape index (κ1) is 18.5. The van der Waals surface area contributed by atoms with Gasteiger partial charge in [0, 0.05) is 27.2 Å². The molecular weight excluding hydrogens is 354 g/mol. The third kappa shape index (κ3) is 3.04. The summed E-state index contributed by atoms with van der Waals surface area (Å²) in [5.74, 6) is 1.36. The SMILES string of the molecule is Cc1ccc(Cn2c(=O)c3c(nc(N4CCC[C@@H](C)C4)n3C)n(C)c2=O)cc1. The first-order valence-corrected chi connectivity index (χ1v) is 9.83. The fourth-order valence-corrected chi connectivity index (χ4v) is 4.10. The average molecular weight is 381 g/mol. The number of hydrogen-bond donors (Lipinski definition) is 0. The van der Waals surface area contributed by atoms with Gasteiger partial charge >= 0.3 is 5.69 Å². The number of fused-ring (bicyclic) bond motifs is 1. The van der Waals surface area contributed by atoms with Gasteiger partial charge in [-0.25, -0.2) is 4.79 Å². The highest BCUT2D eigenvalue weighted by atomic mass is 16.2. The van der Waals surface area contributed by atoms with Crippen molar-refractivity contribution >= 4 is 17.1 Å². The molecule has 0 aliphatic carbocycles. The number of hydrogen-bond acceptors (Lipinski definition) is 4. The first-order valence-electron chi connectivity index (χ1n) is 9.83. The van der Waals surface area contributed by atoms with Crippen LogP contribution in [0.5, 0.6) is 0 Å². The summed E-state index contributed by atoms with van der Waals surface area (Å²) >= 11 is 0. The van der Waals surface area contributed by atoms with E-state index >= 15 is 0 Å². The lowest BCUT2D eigenvalue weighted by Gasteiger charge is -2.31. The molecule has 0 saturated carbocycles. The summed E-state index contributed by atoms with van der Waals surface area (Å²) in [5.41, 5.74) is 2.37. The Hall–Kier alpha value is -2.83. The predicted octanol–water partition coefficient (Wildman–Crippen LogP) is 2.03. The highest BCUT2D eigenvalue weighted by Crippen LogP contribution is 2.24. The summed E-state index contributed by atoms with van der Waals surface area (Å²) in [6, 6.07) is 7.89. The van der Waals surface area contributed by atoms with Gasteiger partial charge in [0.2, 0.25) is 5.95 Å². The lowest BCUT2D eigenvalue weighted by Crippen LogP contribution is -2.40. The Kier molecular flexibility index (Phi) is 4.61. The number of imidazole rings is 1. The third-order valence-electron chi connectivity index (χ3n) is 5.74. The van der Waals surface area contributed by atoms with Crippen molar-refractivity contribution in [3.63, 3.8) is 0 Å². The number of aryl methyl sites for hydroxylation is 3. The topological polar surface area (TPSA) is 65.1 Å². The van der Waals surface area contributed by atoms with Crippen LogP contribution >= 0.6 is 0 Å². The zero-order valence-electron chi connectivity index (χ0n) is 17.0. The molecule has 1 fully saturated rings. The van der Waals surface area contributed by atoms with Crippen LogP contribution in [0.3, 0.4) is 0 Å². The number of anilines is 1. The van der Waals surface area contributed by atoms with E-state index in [1.807, 2.05) is 42.8 Å². The summed E-state index contributed by atoms with van der Waals surface area (Å²) < 4.78 is 4.64. The third-order valence-corrected chi connectivity index (χ3v) is 5.74. The molecule has 0 spiro atoms. The highest BCUT2D eigenvalue weighted by Gasteiger charge is 2.24. The zero-order chi connectivity index (χ0) is 20.0. The van der Waals surface area contributed by atoms with Crippen LogP contribution in [0.25, 0.3) is 11.2 Å². The second-order valence-electron chi connectivity index (χ2n) is 8.05. The van der Waals surface area contributed by atoms with E-state index in [4.69, 9.17) is 0 Å². The minimum absolute atomic E-state index is 0.253. The molecule has 0 unspecified atom stereocenters. The Labute approximate surface area is 163 Å². The summed E-state index contributed by atoms with van der Waals surface area (Å²) in [6.45, 7) is 6.34. The maximum atomic E-state index is 13.2. The van der Waals surface area contributed by atoms with Gasteiger partial charge in [-0.3, -0.25) is 13.9 Å². The zero-order valence-corrected chi connectivity index (χ0v) is 17.0. The normalized spacial score (nSPS) is 17.4. The molecule has 1 saturated heterocycles. The monoisotopic (exact) mass is 381 g/mol. The van der Waals surface area contributed by atoms with Crippen LogP contribution < -0.4 is 16.1 Å². The van der Waals surface area contributed by atoms with Crippen LogP contribution in [0.2, 0.25) is 0 Å². The molecule has 2 aromatic heterocycles. The first-order chi connectivity index (χ1) is 13.4. The average Bonchev–Trinajstić information content (AvgIpc) is 3.02. The standard InChI is InChI=1S/C21H27N5O2/c1-14-7-9-16(10-8-14)13-26-19(27)17-18(24(4)21(26)28)22-20(23(17)3)25-11-5-6-15(2)12-25/h7-10,15H,5-6,11-13H2,1-4H3/t15-/m1/s1. The van der Waals surface area contributed by atoms with Gasteiger partial charge in [-0.05, 0) is 31.2 Å². The van der Waals surface area contributed by atoms with E-state index in [-0.39, 0.29) is 17.8 Å². The van der Waals surface area contributed by atoms with Crippen molar-refractivity contribution in [2.24, 2.45) is 20.0 Å². The van der Waals surface area contributed by atoms with Gasteiger partial charge < -0.3 is 9.47 Å². The van der Waals surface area contributed by atoms with Crippen molar-refractivity contribution in [2.75, 3.05) is 18.0 Å². The molecule has 28 heavy (non-hydrogen) atoms. The van der Waals surface area contributed by atoms with Crippen molar-refractivity contribution in [2.45, 2.75) is 33.2 Å². The van der Waals surface area contributed by atoms with Crippen LogP contribution in [0.15, 0.2) is 33.9 Å². The van der Waals surface area contributed by atoms with Crippen molar-refractivity contribution in [1.82, 2.24) is 18.7 Å². The molecule has 1 aromatic carbocycles. The molecule has 1 aliphatic heterocycles. The van der Waals surface area contributed by atoms with Crippen LogP contribution in [0.1, 0.15) is 30.9 Å². The number of rotatable bonds is 3. The molecule has 0 bridgehead atoms. The van der Waals surface area contributed by atoms with E-state index in [1.54, 1.807) is 7.05 Å². The van der Waals surface area contributed by atoms with Gasteiger partial charge in [0.1, 0.15) is 0 Å². The Morgan fingerprint density at radius 3 is 2.50 bits per heavy atom. The number of benzene rings is 1. The number of piperidine rings is 1. The molecule has 1 atom stereocenters. The molecule has 4 rings (SSSR count). The molecule has 0 amide bonds. The lowest BCUT2D eigenvalue weighted by molar-refractivity contribution is 0.440. The molecule has 7 nitrogen and oxygen atoms in total. The van der Waals surface area contributed by atoms with Gasteiger partial charge in [-0.1, -0.05) is 36.8 Å². The largest absolute Gasteiger partial charge is 0.342 e. The lowest BCUT2D eigenvalue weighted by atomic mass is 10.0. The van der Waals surface area contributed by atoms with E-state index in [1.165, 1.54) is 15.6 Å². The Morgan fingerprint density at radius 1 is 1.11 bits per heavy atom. The van der Waals surface area contributed by atoms with Gasteiger partial charge in [-0.15, -0.1) is 0 Å². The Morgan fingerprint density at radius 2 is 1.82 bits per heavy atom. The highest BCUT2D eigenvalue weighted by molar-refractivity contribution is 5.74. The summed E-state index contributed by atoms with van der Waals surface area (Å²) in [6.07, 6.45) is 2.32. The fraction of sp³-hybridized carbons (Fsp3) is 0.476. The van der Waals surface area contributed by atoms with Gasteiger partial charge in [-0.2, -0.15) is 4.98 Å². The van der Waals surface area contributed by atoms with Crippen molar-refractivity contribution in [3.8, 4) is 0 Å². The van der Waals surface area contributed by atoms with Gasteiger partial charge in [0.05, 0.1) is 6.54 Å². The quantitative estimate of drug-likeness (QED) is 0.696. The van der Waals surface area contributed by atoms with E-state index in [2.05, 4.69) is 16.8 Å². The second-order valence-corrected chi connectivity index (χ2v) is 8.05. The van der Waals surface area contributed by atoms with Crippen LogP contribution in [0, 0.1) is 12.8 Å². The second kappa shape index (κ2) is 6.96. The van der Waals surface area contributed by atoms with E-state index in [0.29, 0.717) is 17.1 Å². The maximum Gasteiger partial charge on any atom is 0.332 e.